The first kappa shape index (κ1) is 15.9. The van der Waals surface area contributed by atoms with Gasteiger partial charge in [0.25, 0.3) is 0 Å². The molecular weight excluding hydrogens is 305 g/mol. The van der Waals surface area contributed by atoms with Crippen LogP contribution in [0.3, 0.4) is 0 Å². The number of hydrogen-bond acceptors (Lipinski definition) is 2. The van der Waals surface area contributed by atoms with Crippen LogP contribution in [0.5, 0.6) is 5.75 Å². The maximum atomic E-state index is 6.10. The lowest BCUT2D eigenvalue weighted by molar-refractivity contribution is 0.407. The van der Waals surface area contributed by atoms with Crippen molar-refractivity contribution in [3.8, 4) is 5.75 Å². The minimum atomic E-state index is 0.422. The molecule has 21 heavy (non-hydrogen) atoms. The summed E-state index contributed by atoms with van der Waals surface area (Å²) in [4.78, 5) is 4.20. The molecule has 0 radical (unpaired) electrons. The molecular formula is C17H17Cl2NO. The van der Waals surface area contributed by atoms with Gasteiger partial charge in [-0.25, -0.2) is 0 Å². The largest absolute Gasteiger partial charge is 0.496 e. The summed E-state index contributed by atoms with van der Waals surface area (Å²) in [6, 6.07) is 7.83. The van der Waals surface area contributed by atoms with Gasteiger partial charge in [-0.05, 0) is 35.3 Å². The van der Waals surface area contributed by atoms with E-state index in [2.05, 4.69) is 31.0 Å². The zero-order chi connectivity index (χ0) is 15.4. The second kappa shape index (κ2) is 6.97. The number of hydrogen-bond donors (Lipinski definition) is 0. The van der Waals surface area contributed by atoms with Crippen molar-refractivity contribution in [2.24, 2.45) is 0 Å². The number of benzene rings is 1. The summed E-state index contributed by atoms with van der Waals surface area (Å²) in [5.74, 6) is 1.31. The molecule has 0 atom stereocenters. The number of halogens is 2. The van der Waals surface area contributed by atoms with Gasteiger partial charge in [0.05, 0.1) is 22.8 Å². The molecule has 0 N–H and O–H groups in total. The van der Waals surface area contributed by atoms with Gasteiger partial charge in [-0.3, -0.25) is 4.98 Å². The topological polar surface area (TPSA) is 22.1 Å². The van der Waals surface area contributed by atoms with Gasteiger partial charge in [-0.1, -0.05) is 55.3 Å². The van der Waals surface area contributed by atoms with Crippen LogP contribution in [0.4, 0.5) is 0 Å². The molecule has 0 aliphatic heterocycles. The third-order valence-corrected chi connectivity index (χ3v) is 3.66. The molecule has 2 aromatic rings. The Bertz CT molecular complexity index is 666. The third-order valence-electron chi connectivity index (χ3n) is 3.15. The molecule has 0 fully saturated rings. The van der Waals surface area contributed by atoms with E-state index in [9.17, 15) is 0 Å². The van der Waals surface area contributed by atoms with Gasteiger partial charge in [-0.2, -0.15) is 0 Å². The average molecular weight is 322 g/mol. The van der Waals surface area contributed by atoms with E-state index in [4.69, 9.17) is 27.9 Å². The van der Waals surface area contributed by atoms with E-state index in [1.54, 1.807) is 19.4 Å². The maximum Gasteiger partial charge on any atom is 0.122 e. The molecule has 1 aromatic heterocycles. The molecule has 0 amide bonds. The lowest BCUT2D eigenvalue weighted by Gasteiger charge is -2.12. The lowest BCUT2D eigenvalue weighted by Crippen LogP contribution is -1.94. The van der Waals surface area contributed by atoms with Crippen LogP contribution < -0.4 is 4.74 Å². The van der Waals surface area contributed by atoms with Gasteiger partial charge < -0.3 is 4.74 Å². The van der Waals surface area contributed by atoms with Crippen LogP contribution in [0.2, 0.25) is 10.0 Å². The van der Waals surface area contributed by atoms with Crippen LogP contribution in [0.25, 0.3) is 12.2 Å². The molecule has 0 aliphatic rings. The summed E-state index contributed by atoms with van der Waals surface area (Å²) in [5.41, 5.74) is 2.91. The lowest BCUT2D eigenvalue weighted by atomic mass is 10.00. The Morgan fingerprint density at radius 3 is 2.52 bits per heavy atom. The molecule has 0 spiro atoms. The van der Waals surface area contributed by atoms with E-state index in [-0.39, 0.29) is 0 Å². The van der Waals surface area contributed by atoms with Crippen molar-refractivity contribution in [1.82, 2.24) is 4.98 Å². The summed E-state index contributed by atoms with van der Waals surface area (Å²) in [6.07, 6.45) is 5.40. The molecule has 1 aromatic carbocycles. The number of aromatic nitrogens is 1. The smallest absolute Gasteiger partial charge is 0.122 e. The van der Waals surface area contributed by atoms with Gasteiger partial charge in [0.1, 0.15) is 5.75 Å². The Labute approximate surface area is 135 Å². The molecule has 0 bridgehead atoms. The van der Waals surface area contributed by atoms with Crippen molar-refractivity contribution in [3.05, 3.63) is 57.3 Å². The Morgan fingerprint density at radius 1 is 1.14 bits per heavy atom. The molecule has 1 heterocycles. The van der Waals surface area contributed by atoms with Crippen molar-refractivity contribution >= 4 is 35.4 Å². The van der Waals surface area contributed by atoms with E-state index >= 15 is 0 Å². The molecule has 0 aliphatic carbocycles. The Morgan fingerprint density at radius 2 is 1.90 bits per heavy atom. The first-order chi connectivity index (χ1) is 10.0. The average Bonchev–Trinajstić information content (AvgIpc) is 2.45. The van der Waals surface area contributed by atoms with E-state index in [1.165, 1.54) is 5.56 Å². The van der Waals surface area contributed by atoms with Crippen LogP contribution in [0.15, 0.2) is 30.5 Å². The highest BCUT2D eigenvalue weighted by molar-refractivity contribution is 6.35. The summed E-state index contributed by atoms with van der Waals surface area (Å²) >= 11 is 11.9. The minimum Gasteiger partial charge on any atom is -0.496 e. The quantitative estimate of drug-likeness (QED) is 0.721. The number of rotatable bonds is 4. The highest BCUT2D eigenvalue weighted by Gasteiger charge is 2.07. The van der Waals surface area contributed by atoms with Crippen LogP contribution >= 0.6 is 23.2 Å². The zero-order valence-corrected chi connectivity index (χ0v) is 13.7. The summed E-state index contributed by atoms with van der Waals surface area (Å²) in [7, 11) is 1.69. The molecule has 2 nitrogen and oxygen atoms in total. The number of nitrogens with zero attached hydrogens (tertiary/aromatic N) is 1. The van der Waals surface area contributed by atoms with Crippen LogP contribution in [0.1, 0.15) is 36.6 Å². The van der Waals surface area contributed by atoms with Crippen molar-refractivity contribution < 1.29 is 4.74 Å². The first-order valence-corrected chi connectivity index (χ1v) is 7.44. The molecule has 4 heteroatoms. The Kier molecular flexibility index (Phi) is 5.27. The van der Waals surface area contributed by atoms with Gasteiger partial charge in [0.2, 0.25) is 0 Å². The van der Waals surface area contributed by atoms with Crippen LogP contribution in [0, 0.1) is 0 Å². The maximum absolute atomic E-state index is 6.10. The second-order valence-corrected chi connectivity index (χ2v) is 5.85. The molecule has 0 saturated heterocycles. The second-order valence-electron chi connectivity index (χ2n) is 5.01. The van der Waals surface area contributed by atoms with Crippen molar-refractivity contribution in [2.75, 3.05) is 7.11 Å². The Hall–Kier alpha value is -1.51. The predicted molar refractivity (Wildman–Crippen MR) is 90.3 cm³/mol. The fourth-order valence-corrected chi connectivity index (χ4v) is 2.47. The van der Waals surface area contributed by atoms with Gasteiger partial charge in [0, 0.05) is 6.20 Å². The van der Waals surface area contributed by atoms with Gasteiger partial charge in [0.15, 0.2) is 0 Å². The van der Waals surface area contributed by atoms with E-state index in [1.807, 2.05) is 18.2 Å². The normalized spacial score (nSPS) is 11.3. The predicted octanol–water partition coefficient (Wildman–Crippen LogP) is 5.69. The van der Waals surface area contributed by atoms with E-state index in [0.717, 1.165) is 11.3 Å². The van der Waals surface area contributed by atoms with Crippen molar-refractivity contribution in [3.63, 3.8) is 0 Å². The fraction of sp³-hybridized carbons (Fsp3) is 0.235. The fourth-order valence-electron chi connectivity index (χ4n) is 2.03. The Balaban J connectivity index is 2.29. The van der Waals surface area contributed by atoms with Crippen LogP contribution in [-0.2, 0) is 0 Å². The number of ether oxygens (including phenoxy) is 1. The first-order valence-electron chi connectivity index (χ1n) is 6.68. The third kappa shape index (κ3) is 3.99. The minimum absolute atomic E-state index is 0.422. The zero-order valence-electron chi connectivity index (χ0n) is 12.2. The molecule has 110 valence electrons. The molecule has 0 unspecified atom stereocenters. The van der Waals surface area contributed by atoms with Gasteiger partial charge in [-0.15, -0.1) is 0 Å². The summed E-state index contributed by atoms with van der Waals surface area (Å²) in [6.45, 7) is 4.29. The highest BCUT2D eigenvalue weighted by Crippen LogP contribution is 2.28. The number of pyridine rings is 1. The monoisotopic (exact) mass is 321 g/mol. The van der Waals surface area contributed by atoms with Crippen molar-refractivity contribution in [1.29, 1.82) is 0 Å². The molecule has 0 saturated carbocycles. The van der Waals surface area contributed by atoms with E-state index in [0.29, 0.717) is 21.7 Å². The summed E-state index contributed by atoms with van der Waals surface area (Å²) < 4.78 is 5.45. The molecule has 2 rings (SSSR count). The van der Waals surface area contributed by atoms with Gasteiger partial charge >= 0.3 is 0 Å². The number of methoxy groups -OCH3 is 1. The standard InChI is InChI=1S/C17H17Cl2NO/c1-11(2)14-6-4-12(8-17(14)21-3)5-7-16-15(19)9-13(18)10-20-16/h4-11H,1-3H3/b7-5+. The van der Waals surface area contributed by atoms with Crippen LogP contribution in [-0.4, -0.2) is 12.1 Å². The van der Waals surface area contributed by atoms with E-state index < -0.39 is 0 Å². The highest BCUT2D eigenvalue weighted by atomic mass is 35.5. The van der Waals surface area contributed by atoms with Crippen molar-refractivity contribution in [2.45, 2.75) is 19.8 Å². The summed E-state index contributed by atoms with van der Waals surface area (Å²) in [5, 5.41) is 1.06. The SMILES string of the molecule is COc1cc(/C=C/c2ncc(Cl)cc2Cl)ccc1C(C)C.